The number of H-pyrrole nitrogens is 1. The van der Waals surface area contributed by atoms with Crippen LogP contribution in [0.15, 0.2) is 12.3 Å². The third kappa shape index (κ3) is 2.94. The molecular weight excluding hydrogens is 198 g/mol. The van der Waals surface area contributed by atoms with Crippen molar-refractivity contribution in [3.63, 3.8) is 0 Å². The molecule has 3 N–H and O–H groups in total. The molecule has 6 heteroatoms. The number of rotatable bonds is 4. The molecule has 15 heavy (non-hydrogen) atoms. The Morgan fingerprint density at radius 2 is 2.40 bits per heavy atom. The number of hydrogen-bond donors (Lipinski definition) is 2. The molecule has 0 unspecified atom stereocenters. The Labute approximate surface area is 86.1 Å². The molecule has 1 aromatic heterocycles. The first-order valence-electron chi connectivity index (χ1n) is 4.21. The van der Waals surface area contributed by atoms with Gasteiger partial charge in [-0.1, -0.05) is 12.2 Å². The van der Waals surface area contributed by atoms with Gasteiger partial charge >= 0.3 is 5.97 Å². The average Bonchev–Trinajstić information content (AvgIpc) is 2.64. The number of primary amides is 1. The smallest absolute Gasteiger partial charge is 0.356 e. The van der Waals surface area contributed by atoms with Gasteiger partial charge in [0.05, 0.1) is 13.3 Å². The molecule has 1 aromatic rings. The summed E-state index contributed by atoms with van der Waals surface area (Å²) in [6.45, 7) is 0. The van der Waals surface area contributed by atoms with Crippen LogP contribution in [-0.2, 0) is 9.53 Å². The van der Waals surface area contributed by atoms with Crippen molar-refractivity contribution >= 4 is 18.0 Å². The summed E-state index contributed by atoms with van der Waals surface area (Å²) < 4.78 is 4.53. The molecule has 1 rings (SSSR count). The number of ether oxygens (including phenoxy) is 1. The Hall–Kier alpha value is -2.11. The Bertz CT molecular complexity index is 395. The lowest BCUT2D eigenvalue weighted by Gasteiger charge is -1.95. The number of amides is 1. The van der Waals surface area contributed by atoms with Crippen LogP contribution in [0.2, 0.25) is 0 Å². The number of nitrogens with two attached hydrogens (primary N) is 1. The SMILES string of the molecule is COC(=O)c1[nH]ncc1C=CCC(N)=O. The number of hydrogen-bond acceptors (Lipinski definition) is 4. The summed E-state index contributed by atoms with van der Waals surface area (Å²) in [7, 11) is 1.28. The molecule has 1 heterocycles. The number of aromatic amines is 1. The number of methoxy groups -OCH3 is 1. The van der Waals surface area contributed by atoms with Gasteiger partial charge in [0.25, 0.3) is 0 Å². The van der Waals surface area contributed by atoms with E-state index in [0.29, 0.717) is 5.56 Å². The predicted molar refractivity (Wildman–Crippen MR) is 52.8 cm³/mol. The lowest BCUT2D eigenvalue weighted by Crippen LogP contribution is -2.08. The Morgan fingerprint density at radius 3 is 3.00 bits per heavy atom. The predicted octanol–water partition coefficient (Wildman–Crippen LogP) is 0.0849. The minimum atomic E-state index is -0.508. The number of carbonyl (C=O) groups excluding carboxylic acids is 2. The van der Waals surface area contributed by atoms with E-state index >= 15 is 0 Å². The van der Waals surface area contributed by atoms with Gasteiger partial charge in [-0.25, -0.2) is 4.79 Å². The van der Waals surface area contributed by atoms with Crippen LogP contribution < -0.4 is 5.73 Å². The molecule has 80 valence electrons. The van der Waals surface area contributed by atoms with Crippen LogP contribution in [0.25, 0.3) is 6.08 Å². The fourth-order valence-corrected chi connectivity index (χ4v) is 0.989. The van der Waals surface area contributed by atoms with Gasteiger partial charge in [0.1, 0.15) is 0 Å². The fraction of sp³-hybridized carbons (Fsp3) is 0.222. The van der Waals surface area contributed by atoms with Gasteiger partial charge in [-0.05, 0) is 0 Å². The summed E-state index contributed by atoms with van der Waals surface area (Å²) in [4.78, 5) is 21.6. The van der Waals surface area contributed by atoms with Crippen LogP contribution in [-0.4, -0.2) is 29.2 Å². The van der Waals surface area contributed by atoms with Gasteiger partial charge in [-0.15, -0.1) is 0 Å². The second-order valence-corrected chi connectivity index (χ2v) is 2.76. The van der Waals surface area contributed by atoms with E-state index in [1.807, 2.05) is 0 Å². The molecule has 1 amide bonds. The highest BCUT2D eigenvalue weighted by Gasteiger charge is 2.11. The number of carbonyl (C=O) groups is 2. The summed E-state index contributed by atoms with van der Waals surface area (Å²) in [6, 6.07) is 0. The zero-order valence-corrected chi connectivity index (χ0v) is 8.19. The van der Waals surface area contributed by atoms with E-state index in [4.69, 9.17) is 5.73 Å². The van der Waals surface area contributed by atoms with E-state index in [0.717, 1.165) is 0 Å². The molecule has 0 fully saturated rings. The third-order valence-electron chi connectivity index (χ3n) is 1.67. The van der Waals surface area contributed by atoms with E-state index in [1.54, 1.807) is 12.2 Å². The van der Waals surface area contributed by atoms with Gasteiger partial charge < -0.3 is 10.5 Å². The highest BCUT2D eigenvalue weighted by molar-refractivity contribution is 5.91. The molecular formula is C9H11N3O3. The molecule has 0 saturated heterocycles. The van der Waals surface area contributed by atoms with Gasteiger partial charge in [-0.3, -0.25) is 9.89 Å². The van der Waals surface area contributed by atoms with Gasteiger partial charge in [-0.2, -0.15) is 5.10 Å². The van der Waals surface area contributed by atoms with E-state index in [-0.39, 0.29) is 12.1 Å². The van der Waals surface area contributed by atoms with E-state index in [2.05, 4.69) is 14.9 Å². The monoisotopic (exact) mass is 209 g/mol. The molecule has 0 aliphatic carbocycles. The first-order valence-corrected chi connectivity index (χ1v) is 4.21. The van der Waals surface area contributed by atoms with Gasteiger partial charge in [0.2, 0.25) is 5.91 Å². The van der Waals surface area contributed by atoms with Crippen molar-refractivity contribution in [1.29, 1.82) is 0 Å². The minimum absolute atomic E-state index is 0.117. The zero-order valence-electron chi connectivity index (χ0n) is 8.19. The largest absolute Gasteiger partial charge is 0.464 e. The number of nitrogens with one attached hydrogen (secondary N) is 1. The van der Waals surface area contributed by atoms with Gasteiger partial charge in [0.15, 0.2) is 5.69 Å². The number of nitrogens with zero attached hydrogens (tertiary/aromatic N) is 1. The lowest BCUT2D eigenvalue weighted by molar-refractivity contribution is -0.117. The van der Waals surface area contributed by atoms with Crippen molar-refractivity contribution in [3.8, 4) is 0 Å². The van der Waals surface area contributed by atoms with Crippen molar-refractivity contribution in [2.45, 2.75) is 6.42 Å². The van der Waals surface area contributed by atoms with Crippen LogP contribution in [0.4, 0.5) is 0 Å². The van der Waals surface area contributed by atoms with Crippen molar-refractivity contribution in [2.24, 2.45) is 5.73 Å². The molecule has 0 spiro atoms. The fourth-order valence-electron chi connectivity index (χ4n) is 0.989. The molecule has 0 radical (unpaired) electrons. The van der Waals surface area contributed by atoms with Crippen molar-refractivity contribution < 1.29 is 14.3 Å². The normalized spacial score (nSPS) is 10.5. The summed E-state index contributed by atoms with van der Waals surface area (Å²) in [5, 5.41) is 6.20. The molecule has 0 bridgehead atoms. The van der Waals surface area contributed by atoms with E-state index < -0.39 is 11.9 Å². The molecule has 0 aromatic carbocycles. The van der Waals surface area contributed by atoms with Crippen molar-refractivity contribution in [2.75, 3.05) is 7.11 Å². The van der Waals surface area contributed by atoms with E-state index in [9.17, 15) is 9.59 Å². The maximum atomic E-state index is 11.2. The zero-order chi connectivity index (χ0) is 11.3. The molecule has 0 atom stereocenters. The first kappa shape index (κ1) is 11.0. The van der Waals surface area contributed by atoms with Crippen LogP contribution in [0.3, 0.4) is 0 Å². The molecule has 6 nitrogen and oxygen atoms in total. The maximum Gasteiger partial charge on any atom is 0.356 e. The number of aromatic nitrogens is 2. The Morgan fingerprint density at radius 1 is 1.67 bits per heavy atom. The maximum absolute atomic E-state index is 11.2. The molecule has 0 aliphatic rings. The van der Waals surface area contributed by atoms with Crippen molar-refractivity contribution in [3.05, 3.63) is 23.5 Å². The summed E-state index contributed by atoms with van der Waals surface area (Å²) in [5.41, 5.74) is 5.76. The highest BCUT2D eigenvalue weighted by Crippen LogP contribution is 2.08. The van der Waals surface area contributed by atoms with Crippen LogP contribution >= 0.6 is 0 Å². The van der Waals surface area contributed by atoms with Crippen molar-refractivity contribution in [1.82, 2.24) is 10.2 Å². The van der Waals surface area contributed by atoms with Crippen LogP contribution in [0, 0.1) is 0 Å². The lowest BCUT2D eigenvalue weighted by atomic mass is 10.2. The second kappa shape index (κ2) is 4.94. The second-order valence-electron chi connectivity index (χ2n) is 2.76. The summed E-state index contributed by atoms with van der Waals surface area (Å²) in [5.74, 6) is -0.944. The van der Waals surface area contributed by atoms with E-state index in [1.165, 1.54) is 13.3 Å². The summed E-state index contributed by atoms with van der Waals surface area (Å²) in [6.07, 6.45) is 4.72. The highest BCUT2D eigenvalue weighted by atomic mass is 16.5. The summed E-state index contributed by atoms with van der Waals surface area (Å²) >= 11 is 0. The topological polar surface area (TPSA) is 98.1 Å². The average molecular weight is 209 g/mol. The Balaban J connectivity index is 2.77. The molecule has 0 saturated carbocycles. The third-order valence-corrected chi connectivity index (χ3v) is 1.67. The standard InChI is InChI=1S/C9H11N3O3/c1-15-9(14)8-6(5-11-12-8)3-2-4-7(10)13/h2-3,5H,4H2,1H3,(H2,10,13)(H,11,12). The Kier molecular flexibility index (Phi) is 3.61. The molecule has 0 aliphatic heterocycles. The van der Waals surface area contributed by atoms with Crippen LogP contribution in [0.5, 0.6) is 0 Å². The van der Waals surface area contributed by atoms with Gasteiger partial charge in [0, 0.05) is 12.0 Å². The quantitative estimate of drug-likeness (QED) is 0.686. The minimum Gasteiger partial charge on any atom is -0.464 e. The number of esters is 1. The van der Waals surface area contributed by atoms with Crippen LogP contribution in [0.1, 0.15) is 22.5 Å². The first-order chi connectivity index (χ1) is 7.15.